The molecule has 1 heterocycles. The van der Waals surface area contributed by atoms with E-state index in [-0.39, 0.29) is 24.2 Å². The van der Waals surface area contributed by atoms with Crippen LogP contribution in [0.3, 0.4) is 0 Å². The number of halogens is 2. The molecule has 0 aliphatic rings. The van der Waals surface area contributed by atoms with Gasteiger partial charge in [0.25, 0.3) is 0 Å². The van der Waals surface area contributed by atoms with Crippen LogP contribution in [0.1, 0.15) is 6.42 Å². The summed E-state index contributed by atoms with van der Waals surface area (Å²) in [4.78, 5) is 14.3. The van der Waals surface area contributed by atoms with Crippen LogP contribution in [-0.4, -0.2) is 22.6 Å². The molecule has 94 valence electrons. The molecule has 2 rings (SSSR count). The molecule has 18 heavy (non-hydrogen) atoms. The summed E-state index contributed by atoms with van der Waals surface area (Å²) in [5.41, 5.74) is 0. The number of carboxylic acids is 1. The summed E-state index contributed by atoms with van der Waals surface area (Å²) >= 11 is 0. The number of carbonyl (C=O) groups is 1. The number of nitrogens with one attached hydrogen (secondary N) is 1. The van der Waals surface area contributed by atoms with E-state index in [0.717, 1.165) is 6.07 Å². The van der Waals surface area contributed by atoms with Crippen molar-refractivity contribution in [1.29, 1.82) is 0 Å². The highest BCUT2D eigenvalue weighted by Crippen LogP contribution is 2.25. The fourth-order valence-electron chi connectivity index (χ4n) is 1.65. The Hall–Kier alpha value is -2.24. The third kappa shape index (κ3) is 2.53. The van der Waals surface area contributed by atoms with Crippen molar-refractivity contribution in [2.45, 2.75) is 6.42 Å². The molecule has 0 bridgehead atoms. The van der Waals surface area contributed by atoms with Gasteiger partial charge in [-0.05, 0) is 17.5 Å². The Kier molecular flexibility index (Phi) is 3.36. The van der Waals surface area contributed by atoms with E-state index in [2.05, 4.69) is 10.3 Å². The van der Waals surface area contributed by atoms with E-state index in [0.29, 0.717) is 5.39 Å². The number of benzene rings is 1. The highest BCUT2D eigenvalue weighted by molar-refractivity contribution is 5.92. The van der Waals surface area contributed by atoms with Crippen LogP contribution in [0.25, 0.3) is 10.8 Å². The second kappa shape index (κ2) is 4.95. The molecule has 6 heteroatoms. The number of rotatable bonds is 4. The normalized spacial score (nSPS) is 10.6. The second-order valence-corrected chi connectivity index (χ2v) is 3.72. The largest absolute Gasteiger partial charge is 0.481 e. The zero-order valence-corrected chi connectivity index (χ0v) is 9.28. The monoisotopic (exact) mass is 252 g/mol. The topological polar surface area (TPSA) is 62.2 Å². The number of carboxylic acid groups (broad SMARTS) is 1. The second-order valence-electron chi connectivity index (χ2n) is 3.72. The summed E-state index contributed by atoms with van der Waals surface area (Å²) in [5, 5.41) is 11.8. The van der Waals surface area contributed by atoms with Gasteiger partial charge in [-0.25, -0.2) is 13.8 Å². The van der Waals surface area contributed by atoms with Gasteiger partial charge in [0.1, 0.15) is 17.5 Å². The predicted octanol–water partition coefficient (Wildman–Crippen LogP) is 2.40. The standard InChI is InChI=1S/C12H10F2N2O2/c13-8-5-7-1-3-15-12(11(7)9(14)6-8)16-4-2-10(17)18/h1,3,5-6H,2,4H2,(H,15,16)(H,17,18). The molecule has 0 radical (unpaired) electrons. The molecule has 0 spiro atoms. The van der Waals surface area contributed by atoms with Gasteiger partial charge in [-0.1, -0.05) is 0 Å². The minimum Gasteiger partial charge on any atom is -0.481 e. The Morgan fingerprint density at radius 3 is 2.89 bits per heavy atom. The van der Waals surface area contributed by atoms with E-state index < -0.39 is 17.6 Å². The van der Waals surface area contributed by atoms with E-state index in [1.807, 2.05) is 0 Å². The molecule has 0 fully saturated rings. The van der Waals surface area contributed by atoms with Gasteiger partial charge in [-0.15, -0.1) is 0 Å². The van der Waals surface area contributed by atoms with Crippen LogP contribution in [0.2, 0.25) is 0 Å². The third-order valence-electron chi connectivity index (χ3n) is 2.41. The molecule has 0 amide bonds. The van der Waals surface area contributed by atoms with Crippen molar-refractivity contribution in [2.75, 3.05) is 11.9 Å². The van der Waals surface area contributed by atoms with Crippen molar-refractivity contribution in [3.63, 3.8) is 0 Å². The van der Waals surface area contributed by atoms with Gasteiger partial charge < -0.3 is 10.4 Å². The number of hydrogen-bond acceptors (Lipinski definition) is 3. The molecule has 0 atom stereocenters. The Labute approximate surface area is 101 Å². The number of fused-ring (bicyclic) bond motifs is 1. The first kappa shape index (κ1) is 12.2. The molecule has 1 aromatic heterocycles. The Balaban J connectivity index is 2.36. The van der Waals surface area contributed by atoms with E-state index in [1.54, 1.807) is 0 Å². The summed E-state index contributed by atoms with van der Waals surface area (Å²) in [6.07, 6.45) is 1.30. The molecule has 0 aliphatic heterocycles. The summed E-state index contributed by atoms with van der Waals surface area (Å²) in [5.74, 6) is -2.14. The average Bonchev–Trinajstić information content (AvgIpc) is 2.27. The summed E-state index contributed by atoms with van der Waals surface area (Å²) in [6.45, 7) is 0.123. The number of anilines is 1. The Morgan fingerprint density at radius 2 is 2.17 bits per heavy atom. The van der Waals surface area contributed by atoms with Gasteiger partial charge in [0.2, 0.25) is 0 Å². The molecule has 2 aromatic rings. The SMILES string of the molecule is O=C(O)CCNc1nccc2cc(F)cc(F)c12. The third-order valence-corrected chi connectivity index (χ3v) is 2.41. The first-order valence-electron chi connectivity index (χ1n) is 5.27. The zero-order chi connectivity index (χ0) is 13.1. The lowest BCUT2D eigenvalue weighted by atomic mass is 10.1. The van der Waals surface area contributed by atoms with Crippen LogP contribution in [0, 0.1) is 11.6 Å². The Morgan fingerprint density at radius 1 is 1.39 bits per heavy atom. The summed E-state index contributed by atoms with van der Waals surface area (Å²) in [7, 11) is 0. The fraction of sp³-hybridized carbons (Fsp3) is 0.167. The molecule has 0 saturated carbocycles. The van der Waals surface area contributed by atoms with Crippen molar-refractivity contribution in [2.24, 2.45) is 0 Å². The van der Waals surface area contributed by atoms with E-state index >= 15 is 0 Å². The molecule has 0 saturated heterocycles. The first-order valence-corrected chi connectivity index (χ1v) is 5.27. The van der Waals surface area contributed by atoms with Gasteiger partial charge in [0, 0.05) is 18.8 Å². The maximum atomic E-state index is 13.7. The van der Waals surface area contributed by atoms with Gasteiger partial charge >= 0.3 is 5.97 Å². The maximum Gasteiger partial charge on any atom is 0.305 e. The maximum absolute atomic E-state index is 13.7. The number of aliphatic carboxylic acids is 1. The lowest BCUT2D eigenvalue weighted by Gasteiger charge is -2.08. The van der Waals surface area contributed by atoms with E-state index in [9.17, 15) is 13.6 Å². The molecule has 0 aliphatic carbocycles. The predicted molar refractivity (Wildman–Crippen MR) is 62.4 cm³/mol. The quantitative estimate of drug-likeness (QED) is 0.877. The van der Waals surface area contributed by atoms with Crippen LogP contribution < -0.4 is 5.32 Å². The summed E-state index contributed by atoms with van der Waals surface area (Å²) in [6, 6.07) is 3.46. The number of hydrogen-bond donors (Lipinski definition) is 2. The van der Waals surface area contributed by atoms with Crippen LogP contribution in [-0.2, 0) is 4.79 Å². The van der Waals surface area contributed by atoms with E-state index in [1.165, 1.54) is 18.3 Å². The van der Waals surface area contributed by atoms with Gasteiger partial charge in [-0.3, -0.25) is 4.79 Å². The molecule has 1 aromatic carbocycles. The zero-order valence-electron chi connectivity index (χ0n) is 9.28. The Bertz CT molecular complexity index is 602. The van der Waals surface area contributed by atoms with Crippen LogP contribution in [0.4, 0.5) is 14.6 Å². The molecular weight excluding hydrogens is 242 g/mol. The van der Waals surface area contributed by atoms with Crippen molar-refractivity contribution >= 4 is 22.6 Å². The van der Waals surface area contributed by atoms with Crippen LogP contribution in [0.15, 0.2) is 24.4 Å². The summed E-state index contributed by atoms with van der Waals surface area (Å²) < 4.78 is 26.7. The fourth-order valence-corrected chi connectivity index (χ4v) is 1.65. The molecule has 2 N–H and O–H groups in total. The minimum atomic E-state index is -0.964. The first-order chi connectivity index (χ1) is 8.58. The van der Waals surface area contributed by atoms with Crippen LogP contribution >= 0.6 is 0 Å². The number of pyridine rings is 1. The van der Waals surface area contributed by atoms with Crippen molar-refractivity contribution in [3.8, 4) is 0 Å². The van der Waals surface area contributed by atoms with Gasteiger partial charge in [0.05, 0.1) is 11.8 Å². The van der Waals surface area contributed by atoms with Crippen LogP contribution in [0.5, 0.6) is 0 Å². The lowest BCUT2D eigenvalue weighted by molar-refractivity contribution is -0.136. The minimum absolute atomic E-state index is 0.110. The van der Waals surface area contributed by atoms with Crippen molar-refractivity contribution in [1.82, 2.24) is 4.98 Å². The van der Waals surface area contributed by atoms with Crippen molar-refractivity contribution in [3.05, 3.63) is 36.0 Å². The van der Waals surface area contributed by atoms with Gasteiger partial charge in [-0.2, -0.15) is 0 Å². The average molecular weight is 252 g/mol. The number of aromatic nitrogens is 1. The molecule has 0 unspecified atom stereocenters. The molecular formula is C12H10F2N2O2. The molecule has 4 nitrogen and oxygen atoms in total. The highest BCUT2D eigenvalue weighted by Gasteiger charge is 2.09. The van der Waals surface area contributed by atoms with Crippen molar-refractivity contribution < 1.29 is 18.7 Å². The smallest absolute Gasteiger partial charge is 0.305 e. The lowest BCUT2D eigenvalue weighted by Crippen LogP contribution is -2.09. The van der Waals surface area contributed by atoms with E-state index in [4.69, 9.17) is 5.11 Å². The highest BCUT2D eigenvalue weighted by atomic mass is 19.1. The van der Waals surface area contributed by atoms with Gasteiger partial charge in [0.15, 0.2) is 0 Å². The number of nitrogens with zero attached hydrogens (tertiary/aromatic N) is 1.